The van der Waals surface area contributed by atoms with E-state index in [1.807, 2.05) is 72.8 Å². The Balaban J connectivity index is 0.000000175. The summed E-state index contributed by atoms with van der Waals surface area (Å²) < 4.78 is 0. The van der Waals surface area contributed by atoms with Crippen molar-refractivity contribution in [1.82, 2.24) is 0 Å². The summed E-state index contributed by atoms with van der Waals surface area (Å²) in [6.07, 6.45) is 8.02. The van der Waals surface area contributed by atoms with E-state index in [9.17, 15) is 15.3 Å². The van der Waals surface area contributed by atoms with Gasteiger partial charge < -0.3 is 31.3 Å². The van der Waals surface area contributed by atoms with Gasteiger partial charge in [-0.1, -0.05) is 114 Å². The first kappa shape index (κ1) is 34.2. The molecular formula is C36H42AlN3O3. The van der Waals surface area contributed by atoms with E-state index in [2.05, 4.69) is 36.7 Å². The van der Waals surface area contributed by atoms with Crippen LogP contribution in [0.2, 0.25) is 0 Å². The van der Waals surface area contributed by atoms with Gasteiger partial charge in [0.05, 0.1) is 0 Å². The molecule has 0 saturated carbocycles. The van der Waals surface area contributed by atoms with Crippen molar-refractivity contribution >= 4 is 51.1 Å². The van der Waals surface area contributed by atoms with E-state index < -0.39 is 17.2 Å². The summed E-state index contributed by atoms with van der Waals surface area (Å²) in [4.78, 5) is 0. The molecule has 0 fully saturated rings. The van der Waals surface area contributed by atoms with Crippen LogP contribution in [0.4, 0.5) is 17.1 Å². The molecule has 3 aromatic carbocycles. The molecular weight excluding hydrogens is 549 g/mol. The van der Waals surface area contributed by atoms with Crippen molar-refractivity contribution in [2.45, 2.75) is 78.0 Å². The van der Waals surface area contributed by atoms with Gasteiger partial charge in [-0.2, -0.15) is 0 Å². The van der Waals surface area contributed by atoms with E-state index in [1.165, 1.54) is 0 Å². The standard InChI is InChI=1S/3C12H14NO.Al/c3*1-3-9-8-12(2,14)13-11-7-5-4-6-10(9)11;/h3*4-8,13H,3H2,1-2H3;/q3*-1;+3. The van der Waals surface area contributed by atoms with E-state index in [0.717, 1.165) is 69.7 Å². The van der Waals surface area contributed by atoms with Crippen molar-refractivity contribution in [2.24, 2.45) is 0 Å². The fraction of sp³-hybridized carbons (Fsp3) is 0.333. The summed E-state index contributed by atoms with van der Waals surface area (Å²) in [5.41, 5.74) is 6.22. The summed E-state index contributed by atoms with van der Waals surface area (Å²) in [6.45, 7) is 11.2. The van der Waals surface area contributed by atoms with Gasteiger partial charge in [0.2, 0.25) is 0 Å². The minimum atomic E-state index is -1.17. The van der Waals surface area contributed by atoms with Crippen LogP contribution in [-0.4, -0.2) is 34.5 Å². The second-order valence-electron chi connectivity index (χ2n) is 11.4. The van der Waals surface area contributed by atoms with Crippen molar-refractivity contribution < 1.29 is 15.3 Å². The summed E-state index contributed by atoms with van der Waals surface area (Å²) >= 11 is 0. The Kier molecular flexibility index (Phi) is 11.1. The molecule has 0 radical (unpaired) electrons. The number of allylic oxidation sites excluding steroid dienone is 3. The second-order valence-corrected chi connectivity index (χ2v) is 11.4. The molecule has 6 rings (SSSR count). The van der Waals surface area contributed by atoms with Crippen molar-refractivity contribution in [2.75, 3.05) is 16.0 Å². The van der Waals surface area contributed by atoms with Gasteiger partial charge in [0.15, 0.2) is 0 Å². The van der Waals surface area contributed by atoms with Crippen LogP contribution in [0.25, 0.3) is 16.7 Å². The molecule has 7 heteroatoms. The summed E-state index contributed by atoms with van der Waals surface area (Å²) in [6, 6.07) is 23.8. The van der Waals surface area contributed by atoms with Crippen LogP contribution in [0.1, 0.15) is 77.5 Å². The van der Waals surface area contributed by atoms with Gasteiger partial charge in [0, 0.05) is 33.8 Å². The van der Waals surface area contributed by atoms with Crippen molar-refractivity contribution in [3.8, 4) is 0 Å². The summed E-state index contributed by atoms with van der Waals surface area (Å²) in [7, 11) is 0. The van der Waals surface area contributed by atoms with Crippen LogP contribution >= 0.6 is 0 Å². The molecule has 3 aromatic rings. The van der Waals surface area contributed by atoms with Gasteiger partial charge in [-0.15, -0.1) is 0 Å². The molecule has 222 valence electrons. The maximum atomic E-state index is 11.9. The molecule has 0 aliphatic carbocycles. The Bertz CT molecular complexity index is 1330. The molecule has 3 aliphatic heterocycles. The van der Waals surface area contributed by atoms with Gasteiger partial charge in [-0.05, 0) is 71.4 Å². The Labute approximate surface area is 267 Å². The number of fused-ring (bicyclic) bond motifs is 3. The van der Waals surface area contributed by atoms with Crippen LogP contribution < -0.4 is 31.3 Å². The minimum absolute atomic E-state index is 0. The maximum absolute atomic E-state index is 11.9. The third-order valence-corrected chi connectivity index (χ3v) is 7.46. The van der Waals surface area contributed by atoms with E-state index in [1.54, 1.807) is 39.0 Å². The van der Waals surface area contributed by atoms with E-state index in [4.69, 9.17) is 0 Å². The molecule has 0 saturated heterocycles. The smallest absolute Gasteiger partial charge is 0.831 e. The van der Waals surface area contributed by atoms with Crippen LogP contribution in [0.5, 0.6) is 0 Å². The van der Waals surface area contributed by atoms with Crippen LogP contribution in [0.15, 0.2) is 91.0 Å². The zero-order valence-corrected chi connectivity index (χ0v) is 27.2. The Morgan fingerprint density at radius 3 is 0.930 bits per heavy atom. The van der Waals surface area contributed by atoms with E-state index in [-0.39, 0.29) is 17.4 Å². The van der Waals surface area contributed by atoms with E-state index in [0.29, 0.717) is 0 Å². The number of anilines is 3. The van der Waals surface area contributed by atoms with Gasteiger partial charge >= 0.3 is 17.4 Å². The Morgan fingerprint density at radius 2 is 0.698 bits per heavy atom. The first-order valence-corrected chi connectivity index (χ1v) is 14.8. The molecule has 3 atom stereocenters. The average Bonchev–Trinajstić information content (AvgIpc) is 2.95. The normalized spacial score (nSPS) is 24.3. The van der Waals surface area contributed by atoms with Crippen LogP contribution in [0.3, 0.4) is 0 Å². The largest absolute Gasteiger partial charge is 3.00 e. The first-order chi connectivity index (χ1) is 19.9. The molecule has 0 aromatic heterocycles. The average molecular weight is 592 g/mol. The third kappa shape index (κ3) is 8.63. The number of para-hydroxylation sites is 3. The van der Waals surface area contributed by atoms with Crippen molar-refractivity contribution in [3.63, 3.8) is 0 Å². The van der Waals surface area contributed by atoms with Crippen LogP contribution in [-0.2, 0) is 0 Å². The third-order valence-electron chi connectivity index (χ3n) is 7.46. The van der Waals surface area contributed by atoms with E-state index >= 15 is 0 Å². The van der Waals surface area contributed by atoms with Gasteiger partial charge in [0.1, 0.15) is 0 Å². The topological polar surface area (TPSA) is 105 Å². The Hall–Kier alpha value is -3.31. The number of hydrogen-bond donors (Lipinski definition) is 3. The molecule has 3 heterocycles. The minimum Gasteiger partial charge on any atom is -0.831 e. The number of rotatable bonds is 3. The molecule has 3 unspecified atom stereocenters. The quantitative estimate of drug-likeness (QED) is 0.344. The molecule has 0 bridgehead atoms. The second kappa shape index (κ2) is 14.0. The molecule has 3 N–H and O–H groups in total. The first-order valence-electron chi connectivity index (χ1n) is 14.8. The predicted octanol–water partition coefficient (Wildman–Crippen LogP) is 5.57. The van der Waals surface area contributed by atoms with Gasteiger partial charge in [-0.3, -0.25) is 0 Å². The molecule has 6 nitrogen and oxygen atoms in total. The molecule has 0 amide bonds. The summed E-state index contributed by atoms with van der Waals surface area (Å²) in [5.74, 6) is 0. The molecule has 3 aliphatic rings. The molecule has 0 spiro atoms. The monoisotopic (exact) mass is 591 g/mol. The molecule has 43 heavy (non-hydrogen) atoms. The number of nitrogens with one attached hydrogen (secondary N) is 3. The number of benzene rings is 3. The zero-order valence-electron chi connectivity index (χ0n) is 26.1. The zero-order chi connectivity index (χ0) is 30.5. The van der Waals surface area contributed by atoms with Gasteiger partial charge in [0.25, 0.3) is 0 Å². The van der Waals surface area contributed by atoms with Crippen molar-refractivity contribution in [3.05, 3.63) is 108 Å². The fourth-order valence-electron chi connectivity index (χ4n) is 5.64. The van der Waals surface area contributed by atoms with Gasteiger partial charge in [-0.25, -0.2) is 0 Å². The Morgan fingerprint density at radius 1 is 0.465 bits per heavy atom. The van der Waals surface area contributed by atoms with Crippen LogP contribution in [0, 0.1) is 0 Å². The fourth-order valence-corrected chi connectivity index (χ4v) is 5.64. The predicted molar refractivity (Wildman–Crippen MR) is 176 cm³/mol. The van der Waals surface area contributed by atoms with Crippen molar-refractivity contribution in [1.29, 1.82) is 0 Å². The maximum Gasteiger partial charge on any atom is 3.00 e. The summed E-state index contributed by atoms with van der Waals surface area (Å²) in [5, 5.41) is 44.5. The number of hydrogen-bond acceptors (Lipinski definition) is 6. The SMILES string of the molecule is CCC1=CC(C)([O-])Nc2ccccc21.CCC1=CC(C)([O-])Nc2ccccc21.CCC1=CC(C)([O-])Nc2ccccc21.[Al+3].